The normalized spacial score (nSPS) is 13.4. The summed E-state index contributed by atoms with van der Waals surface area (Å²) in [6.45, 7) is 0. The number of hydrogen-bond donors (Lipinski definition) is 0. The second-order valence-corrected chi connectivity index (χ2v) is 16.6. The largest absolute Gasteiger partial charge is 0.457 e. The summed E-state index contributed by atoms with van der Waals surface area (Å²) in [5.41, 5.74) is 14.1. The molecule has 276 valence electrons. The van der Waals surface area contributed by atoms with Gasteiger partial charge in [0.25, 0.3) is 0 Å². The monoisotopic (exact) mass is 771 g/mol. The third-order valence-electron chi connectivity index (χ3n) is 12.5. The molecule has 0 saturated carbocycles. The predicted octanol–water partition coefficient (Wildman–Crippen LogP) is 15.6. The van der Waals surface area contributed by atoms with Crippen LogP contribution in [0.5, 0.6) is 11.5 Å². The first-order valence-electron chi connectivity index (χ1n) is 20.1. The van der Waals surface area contributed by atoms with Crippen LogP contribution in [0.4, 0.5) is 17.1 Å². The van der Waals surface area contributed by atoms with Gasteiger partial charge in [0.05, 0.1) is 16.5 Å². The number of thiophene rings is 1. The van der Waals surface area contributed by atoms with E-state index in [9.17, 15) is 0 Å². The van der Waals surface area contributed by atoms with Gasteiger partial charge in [-0.3, -0.25) is 0 Å². The van der Waals surface area contributed by atoms with Crippen molar-refractivity contribution in [3.05, 3.63) is 222 Å². The van der Waals surface area contributed by atoms with Gasteiger partial charge in [0.1, 0.15) is 22.7 Å². The zero-order chi connectivity index (χ0) is 38.7. The van der Waals surface area contributed by atoms with Crippen LogP contribution in [-0.2, 0) is 5.41 Å². The van der Waals surface area contributed by atoms with Gasteiger partial charge in [-0.2, -0.15) is 0 Å². The van der Waals surface area contributed by atoms with Gasteiger partial charge in [-0.05, 0) is 100 Å². The fourth-order valence-electron chi connectivity index (χ4n) is 10.2. The second kappa shape index (κ2) is 12.3. The zero-order valence-electron chi connectivity index (χ0n) is 31.7. The molecule has 9 aromatic carbocycles. The minimum Gasteiger partial charge on any atom is -0.457 e. The second-order valence-electron chi connectivity index (χ2n) is 15.5. The Morgan fingerprint density at radius 1 is 0.407 bits per heavy atom. The topological polar surface area (TPSA) is 25.6 Å². The van der Waals surface area contributed by atoms with E-state index in [0.717, 1.165) is 61.6 Å². The van der Waals surface area contributed by atoms with Crippen LogP contribution >= 0.6 is 11.3 Å². The number of fused-ring (bicyclic) bond motifs is 15. The first-order chi connectivity index (χ1) is 29.3. The average molecular weight is 772 g/mol. The lowest BCUT2D eigenvalue weighted by Gasteiger charge is -2.40. The van der Waals surface area contributed by atoms with Crippen molar-refractivity contribution in [3.8, 4) is 33.8 Å². The van der Waals surface area contributed by atoms with Crippen molar-refractivity contribution in [1.29, 1.82) is 0 Å². The fourth-order valence-corrected chi connectivity index (χ4v) is 11.3. The first kappa shape index (κ1) is 32.7. The maximum absolute atomic E-state index is 6.87. The van der Waals surface area contributed by atoms with E-state index in [1.807, 2.05) is 17.4 Å². The molecule has 1 aliphatic heterocycles. The molecule has 4 heteroatoms. The number of furan rings is 1. The van der Waals surface area contributed by atoms with Gasteiger partial charge in [-0.1, -0.05) is 133 Å². The number of hydrogen-bond acceptors (Lipinski definition) is 4. The highest BCUT2D eigenvalue weighted by Crippen LogP contribution is 2.62. The van der Waals surface area contributed by atoms with Crippen LogP contribution in [0, 0.1) is 0 Å². The minimum absolute atomic E-state index is 0.592. The summed E-state index contributed by atoms with van der Waals surface area (Å²) in [7, 11) is 0. The summed E-state index contributed by atoms with van der Waals surface area (Å²) in [5.74, 6) is 1.74. The maximum Gasteiger partial charge on any atom is 0.137 e. The van der Waals surface area contributed by atoms with Gasteiger partial charge in [0.15, 0.2) is 0 Å². The SMILES string of the molecule is c1ccc(-c2cccc3sc4ccc(N(c5ccc6c(c5)C5(c7ccccc7O6)c6ccccc6-c6ccccc65)c5cccc6oc7ccccc7c56)cc4c23)cc1. The molecule has 59 heavy (non-hydrogen) atoms. The van der Waals surface area contributed by atoms with Crippen molar-refractivity contribution in [2.75, 3.05) is 4.90 Å². The summed E-state index contributed by atoms with van der Waals surface area (Å²) in [5, 5.41) is 4.68. The van der Waals surface area contributed by atoms with Crippen LogP contribution in [0.3, 0.4) is 0 Å². The summed E-state index contributed by atoms with van der Waals surface area (Å²) in [4.78, 5) is 2.43. The van der Waals surface area contributed by atoms with Crippen LogP contribution in [0.15, 0.2) is 205 Å². The Balaban J connectivity index is 1.12. The molecule has 2 aromatic heterocycles. The van der Waals surface area contributed by atoms with E-state index in [1.165, 1.54) is 53.6 Å². The Kier molecular flexibility index (Phi) is 6.81. The fraction of sp³-hybridized carbons (Fsp3) is 0.0182. The van der Waals surface area contributed by atoms with Crippen LogP contribution < -0.4 is 9.64 Å². The van der Waals surface area contributed by atoms with Crippen molar-refractivity contribution in [3.63, 3.8) is 0 Å². The first-order valence-corrected chi connectivity index (χ1v) is 20.9. The summed E-state index contributed by atoms with van der Waals surface area (Å²) in [6, 6.07) is 72.4. The van der Waals surface area contributed by atoms with Gasteiger partial charge >= 0.3 is 0 Å². The van der Waals surface area contributed by atoms with Crippen molar-refractivity contribution in [2.45, 2.75) is 5.41 Å². The molecule has 3 nitrogen and oxygen atoms in total. The van der Waals surface area contributed by atoms with Gasteiger partial charge in [0.2, 0.25) is 0 Å². The number of benzene rings is 9. The smallest absolute Gasteiger partial charge is 0.137 e. The summed E-state index contributed by atoms with van der Waals surface area (Å²) >= 11 is 1.85. The molecule has 0 atom stereocenters. The van der Waals surface area contributed by atoms with Crippen LogP contribution in [0.1, 0.15) is 22.3 Å². The average Bonchev–Trinajstić information content (AvgIpc) is 3.96. The summed E-state index contributed by atoms with van der Waals surface area (Å²) in [6.07, 6.45) is 0. The molecule has 3 heterocycles. The molecule has 0 bridgehead atoms. The number of nitrogens with zero attached hydrogens (tertiary/aromatic N) is 1. The standard InChI is InChI=1S/C55H33NO2S/c1-2-14-34(15-3-1)37-19-12-27-52-53(37)41-32-35(29-31-51(41)59-52)56(46-23-13-26-50-54(46)40-18-6-10-24-47(40)57-50)36-28-30-49-45(33-36)55(44-22-9-11-25-48(44)58-49)42-20-7-4-16-38(42)39-17-5-8-21-43(39)55/h1-33H. The van der Waals surface area contributed by atoms with Crippen molar-refractivity contribution >= 4 is 70.5 Å². The van der Waals surface area contributed by atoms with E-state index in [-0.39, 0.29) is 0 Å². The van der Waals surface area contributed by atoms with Crippen molar-refractivity contribution in [1.82, 2.24) is 0 Å². The molecule has 0 N–H and O–H groups in total. The highest BCUT2D eigenvalue weighted by Gasteiger charge is 2.51. The molecule has 1 aliphatic carbocycles. The van der Waals surface area contributed by atoms with Gasteiger partial charge in [-0.15, -0.1) is 11.3 Å². The Morgan fingerprint density at radius 2 is 1.05 bits per heavy atom. The maximum atomic E-state index is 6.87. The molecule has 0 fully saturated rings. The number of para-hydroxylation sites is 2. The molecule has 0 amide bonds. The molecule has 0 radical (unpaired) electrons. The zero-order valence-corrected chi connectivity index (χ0v) is 32.5. The van der Waals surface area contributed by atoms with Gasteiger partial charge in [0, 0.05) is 48.1 Å². The van der Waals surface area contributed by atoms with E-state index in [2.05, 4.69) is 199 Å². The molecule has 0 saturated heterocycles. The van der Waals surface area contributed by atoms with Crippen LogP contribution in [-0.4, -0.2) is 0 Å². The van der Waals surface area contributed by atoms with E-state index in [1.54, 1.807) is 0 Å². The lowest BCUT2D eigenvalue weighted by atomic mass is 9.66. The van der Waals surface area contributed by atoms with E-state index in [0.29, 0.717) is 0 Å². The number of rotatable bonds is 4. The Bertz CT molecular complexity index is 3460. The number of anilines is 3. The van der Waals surface area contributed by atoms with Gasteiger partial charge < -0.3 is 14.1 Å². The molecule has 2 aliphatic rings. The number of ether oxygens (including phenoxy) is 1. The molecule has 1 spiro atoms. The third-order valence-corrected chi connectivity index (χ3v) is 13.7. The Labute approximate surface area is 344 Å². The van der Waals surface area contributed by atoms with E-state index in [4.69, 9.17) is 9.15 Å². The van der Waals surface area contributed by atoms with Gasteiger partial charge in [-0.25, -0.2) is 0 Å². The van der Waals surface area contributed by atoms with Crippen molar-refractivity contribution in [2.24, 2.45) is 0 Å². The van der Waals surface area contributed by atoms with E-state index >= 15 is 0 Å². The predicted molar refractivity (Wildman–Crippen MR) is 244 cm³/mol. The van der Waals surface area contributed by atoms with Crippen LogP contribution in [0.2, 0.25) is 0 Å². The quantitative estimate of drug-likeness (QED) is 0.178. The summed E-state index contributed by atoms with van der Waals surface area (Å²) < 4.78 is 15.9. The van der Waals surface area contributed by atoms with Crippen molar-refractivity contribution < 1.29 is 9.15 Å². The third kappa shape index (κ3) is 4.52. The van der Waals surface area contributed by atoms with Crippen LogP contribution in [0.25, 0.3) is 64.4 Å². The molecular formula is C55H33NO2S. The van der Waals surface area contributed by atoms with E-state index < -0.39 is 5.41 Å². The molecule has 13 rings (SSSR count). The highest BCUT2D eigenvalue weighted by atomic mass is 32.1. The lowest BCUT2D eigenvalue weighted by Crippen LogP contribution is -2.32. The minimum atomic E-state index is -0.592. The Morgan fingerprint density at radius 3 is 1.90 bits per heavy atom. The lowest BCUT2D eigenvalue weighted by molar-refractivity contribution is 0.436. The Hall–Kier alpha value is -7.40. The molecule has 0 unspecified atom stereocenters. The highest BCUT2D eigenvalue weighted by molar-refractivity contribution is 7.26. The molecular weight excluding hydrogens is 739 g/mol. The molecule has 11 aromatic rings.